The molecule has 8 aromatic heterocycles. The van der Waals surface area contributed by atoms with Crippen molar-refractivity contribution in [2.24, 2.45) is 0 Å². The average Bonchev–Trinajstić information content (AvgIpc) is 3.92. The maximum absolute atomic E-state index is 8.24. The molecule has 0 aliphatic heterocycles. The fourth-order valence-corrected chi connectivity index (χ4v) is 8.37. The highest BCUT2D eigenvalue weighted by Crippen LogP contribution is 2.41. The molecule has 8 heterocycles. The Morgan fingerprint density at radius 1 is 0.674 bits per heavy atom. The minimum absolute atomic E-state index is 0.528. The van der Waals surface area contributed by atoms with E-state index in [0.717, 1.165) is 75.8 Å². The molecule has 0 bridgehead atoms. The maximum Gasteiger partial charge on any atom is 0.198 e. The summed E-state index contributed by atoms with van der Waals surface area (Å²) in [7, 11) is 0. The van der Waals surface area contributed by atoms with Crippen LogP contribution in [0.25, 0.3) is 76.6 Å². The molecule has 0 N–H and O–H groups in total. The molecule has 10 rings (SSSR count). The largest absolute Gasteiger partial charge is 0.278 e. The van der Waals surface area contributed by atoms with Gasteiger partial charge in [0.2, 0.25) is 0 Å². The predicted octanol–water partition coefficient (Wildman–Crippen LogP) is 8.09. The molecule has 10 heteroatoms. The van der Waals surface area contributed by atoms with E-state index in [2.05, 4.69) is 77.9 Å². The normalized spacial score (nSPS) is 11.9. The lowest BCUT2D eigenvalue weighted by Crippen LogP contribution is -2.24. The van der Waals surface area contributed by atoms with Crippen molar-refractivity contribution in [2.45, 2.75) is 0 Å². The first-order valence-electron chi connectivity index (χ1n) is 14.5. The topological polar surface area (TPSA) is 77.6 Å². The van der Waals surface area contributed by atoms with Crippen LogP contribution >= 0.6 is 22.7 Å². The molecule has 0 spiro atoms. The molecule has 0 radical (unpaired) electrons. The molecule has 0 unspecified atom stereocenters. The fraction of sp³-hybridized carbons (Fsp3) is 0. The Hall–Kier alpha value is -6.02. The fourth-order valence-electron chi connectivity index (χ4n) is 6.74. The van der Waals surface area contributed by atoms with Crippen LogP contribution in [0.2, 0.25) is 0 Å². The summed E-state index contributed by atoms with van der Waals surface area (Å²) in [6.07, 6.45) is 8.81. The summed E-state index contributed by atoms with van der Waals surface area (Å²) in [4.78, 5) is 30.6. The first-order chi connectivity index (χ1) is 22.8. The van der Waals surface area contributed by atoms with Gasteiger partial charge in [0.05, 0.1) is 35.1 Å². The van der Waals surface area contributed by atoms with Crippen LogP contribution in [0.5, 0.6) is 0 Å². The molecule has 0 aliphatic carbocycles. The van der Waals surface area contributed by atoms with E-state index >= 15 is 0 Å². The molecule has 10 aromatic rings. The molecule has 2 aromatic carbocycles. The first-order valence-corrected chi connectivity index (χ1v) is 16.3. The molecule has 214 valence electrons. The Bertz CT molecular complexity index is 2880. The van der Waals surface area contributed by atoms with Gasteiger partial charge in [0.15, 0.2) is 17.0 Å². The molecular weight excluding hydrogens is 609 g/mol. The Balaban J connectivity index is 1.62. The van der Waals surface area contributed by atoms with Crippen molar-refractivity contribution in [3.05, 3.63) is 135 Å². The number of pyridine rings is 1. The number of fused-ring (bicyclic) bond motifs is 7. The molecule has 0 saturated heterocycles. The van der Waals surface area contributed by atoms with Crippen LogP contribution in [0.4, 0.5) is 5.69 Å². The van der Waals surface area contributed by atoms with E-state index in [1.54, 1.807) is 47.5 Å². The minimum Gasteiger partial charge on any atom is -0.278 e. The molecule has 8 nitrogen and oxygen atoms in total. The molecule has 0 saturated carbocycles. The van der Waals surface area contributed by atoms with Crippen LogP contribution in [0.1, 0.15) is 9.75 Å². The number of aromatic nitrogens is 7. The number of benzene rings is 2. The predicted molar refractivity (Wildman–Crippen MR) is 185 cm³/mol. The van der Waals surface area contributed by atoms with Gasteiger partial charge >= 0.3 is 0 Å². The highest BCUT2D eigenvalue weighted by molar-refractivity contribution is 7.13. The van der Waals surface area contributed by atoms with E-state index in [-0.39, 0.29) is 0 Å². The number of para-hydroxylation sites is 1. The number of hydrogen-bond donors (Lipinski definition) is 0. The second kappa shape index (κ2) is 9.49. The average molecular weight is 627 g/mol. The van der Waals surface area contributed by atoms with E-state index in [0.29, 0.717) is 16.9 Å². The second-order valence-electron chi connectivity index (χ2n) is 10.9. The lowest BCUT2D eigenvalue weighted by molar-refractivity contribution is 1.000. The van der Waals surface area contributed by atoms with Crippen molar-refractivity contribution >= 4 is 88.8 Å². The van der Waals surface area contributed by atoms with Crippen molar-refractivity contribution in [2.75, 3.05) is 0 Å². The van der Waals surface area contributed by atoms with Gasteiger partial charge in [0, 0.05) is 61.7 Å². The molecular formula is C36H18N8S2. The lowest BCUT2D eigenvalue weighted by atomic mass is 10.1. The van der Waals surface area contributed by atoms with E-state index < -0.39 is 0 Å². The summed E-state index contributed by atoms with van der Waals surface area (Å²) in [5.41, 5.74) is 8.90. The highest BCUT2D eigenvalue weighted by Gasteiger charge is 2.25. The van der Waals surface area contributed by atoms with Crippen LogP contribution in [0, 0.1) is 6.57 Å². The Kier molecular flexibility index (Phi) is 5.22. The van der Waals surface area contributed by atoms with E-state index in [4.69, 9.17) is 26.5 Å². The number of thiophene rings is 2. The van der Waals surface area contributed by atoms with Gasteiger partial charge in [-0.2, -0.15) is 0 Å². The van der Waals surface area contributed by atoms with Crippen molar-refractivity contribution < 1.29 is 0 Å². The quantitative estimate of drug-likeness (QED) is 0.185. The Morgan fingerprint density at radius 3 is 2.15 bits per heavy atom. The molecule has 46 heavy (non-hydrogen) atoms. The number of rotatable bonds is 3. The van der Waals surface area contributed by atoms with Crippen LogP contribution in [-0.4, -0.2) is 33.7 Å². The summed E-state index contributed by atoms with van der Waals surface area (Å²) in [5.74, 6) is 0. The summed E-state index contributed by atoms with van der Waals surface area (Å²) >= 11 is 3.38. The summed E-state index contributed by atoms with van der Waals surface area (Å²) in [6, 6.07) is 22.6. The van der Waals surface area contributed by atoms with E-state index in [1.165, 1.54) is 0 Å². The minimum atomic E-state index is 0.528. The molecule has 0 fully saturated rings. The van der Waals surface area contributed by atoms with Gasteiger partial charge in [-0.3, -0.25) is 18.8 Å². The van der Waals surface area contributed by atoms with E-state index in [1.807, 2.05) is 24.4 Å². The van der Waals surface area contributed by atoms with Crippen molar-refractivity contribution in [1.82, 2.24) is 33.7 Å². The van der Waals surface area contributed by atoms with Crippen molar-refractivity contribution in [3.8, 4) is 11.3 Å². The number of hydrogen-bond acceptors (Lipinski definition) is 7. The first kappa shape index (κ1) is 25.3. The van der Waals surface area contributed by atoms with E-state index in [9.17, 15) is 0 Å². The van der Waals surface area contributed by atoms with Crippen LogP contribution in [0.3, 0.4) is 0 Å². The zero-order valence-electron chi connectivity index (χ0n) is 23.8. The smallest absolute Gasteiger partial charge is 0.198 e. The summed E-state index contributed by atoms with van der Waals surface area (Å²) in [6.45, 7) is 8.24. The zero-order valence-corrected chi connectivity index (χ0v) is 25.4. The summed E-state index contributed by atoms with van der Waals surface area (Å²) < 4.78 is 4.46. The summed E-state index contributed by atoms with van der Waals surface area (Å²) in [5, 5.41) is 8.02. The highest BCUT2D eigenvalue weighted by atomic mass is 32.1. The standard InChI is InChI=1S/C36H18N8S2/c1-37-24-10-9-22-21-5-2-6-23-30-34(40-16-15-39-30)43(32(21)23)36(29(26-7-3-17-45-26)27-8-4-18-46-27)44-33(22)28(24)31-35(44)41-19-25(42-31)20-11-13-38-14-12-20/h2-19H. The SMILES string of the molecule is [C-]#[N+]c1ccc2c3cccc4c5nccnc5n(c(=C(c5cccs5)c5cccs5)n5c6ncc(-c7ccncc7)nc6c1c25)c34. The maximum atomic E-state index is 8.24. The van der Waals surface area contributed by atoms with Crippen molar-refractivity contribution in [1.29, 1.82) is 0 Å². The zero-order chi connectivity index (χ0) is 30.4. The third-order valence-electron chi connectivity index (χ3n) is 8.56. The van der Waals surface area contributed by atoms with Gasteiger partial charge in [-0.1, -0.05) is 42.5 Å². The lowest BCUT2D eigenvalue weighted by Gasteiger charge is -2.08. The molecule has 0 amide bonds. The van der Waals surface area contributed by atoms with Gasteiger partial charge in [0.1, 0.15) is 16.5 Å². The number of nitrogens with zero attached hydrogens (tertiary/aromatic N) is 8. The second-order valence-corrected chi connectivity index (χ2v) is 12.8. The third kappa shape index (κ3) is 3.33. The molecule has 0 atom stereocenters. The Labute approximate surface area is 268 Å². The van der Waals surface area contributed by atoms with Crippen LogP contribution < -0.4 is 5.48 Å². The van der Waals surface area contributed by atoms with Gasteiger partial charge in [0.25, 0.3) is 0 Å². The van der Waals surface area contributed by atoms with Crippen LogP contribution in [-0.2, 0) is 0 Å². The third-order valence-corrected chi connectivity index (χ3v) is 10.3. The van der Waals surface area contributed by atoms with Gasteiger partial charge in [-0.25, -0.2) is 19.8 Å². The molecule has 0 aliphatic rings. The van der Waals surface area contributed by atoms with Crippen molar-refractivity contribution in [3.63, 3.8) is 0 Å². The van der Waals surface area contributed by atoms with Gasteiger partial charge in [-0.15, -0.1) is 22.7 Å². The Morgan fingerprint density at radius 2 is 1.39 bits per heavy atom. The van der Waals surface area contributed by atoms with Gasteiger partial charge in [-0.05, 0) is 35.0 Å². The van der Waals surface area contributed by atoms with Crippen LogP contribution in [0.15, 0.2) is 108 Å². The van der Waals surface area contributed by atoms with Gasteiger partial charge < -0.3 is 0 Å². The monoisotopic (exact) mass is 626 g/mol.